The van der Waals surface area contributed by atoms with Crippen molar-refractivity contribution < 1.29 is 22.3 Å². The van der Waals surface area contributed by atoms with Gasteiger partial charge in [-0.3, -0.25) is 0 Å². The Bertz CT molecular complexity index is 413. The van der Waals surface area contributed by atoms with Gasteiger partial charge in [0.15, 0.2) is 5.82 Å². The molecular formula is C8H5Cl2F4IN2O. The van der Waals surface area contributed by atoms with E-state index >= 15 is 0 Å². The SMILES string of the molecule is FC(F)C(F)(F)COCc1nc(Cl)c(I)c(Cl)n1. The molecule has 0 atom stereocenters. The zero-order valence-corrected chi connectivity index (χ0v) is 12.1. The van der Waals surface area contributed by atoms with E-state index in [9.17, 15) is 17.6 Å². The molecule has 102 valence electrons. The number of nitrogens with zero attached hydrogens (tertiary/aromatic N) is 2. The van der Waals surface area contributed by atoms with E-state index in [0.29, 0.717) is 3.57 Å². The maximum Gasteiger partial charge on any atom is 0.330 e. The predicted molar refractivity (Wildman–Crippen MR) is 65.4 cm³/mol. The zero-order valence-electron chi connectivity index (χ0n) is 8.44. The average Bonchev–Trinajstić information content (AvgIpc) is 2.25. The van der Waals surface area contributed by atoms with Crippen molar-refractivity contribution in [2.24, 2.45) is 0 Å². The molecule has 1 aromatic rings. The Morgan fingerprint density at radius 3 is 2.17 bits per heavy atom. The molecule has 0 fully saturated rings. The van der Waals surface area contributed by atoms with Crippen molar-refractivity contribution >= 4 is 45.8 Å². The van der Waals surface area contributed by atoms with Gasteiger partial charge in [-0.25, -0.2) is 18.7 Å². The van der Waals surface area contributed by atoms with Gasteiger partial charge in [-0.05, 0) is 22.6 Å². The topological polar surface area (TPSA) is 35.0 Å². The molecule has 1 aromatic heterocycles. The highest BCUT2D eigenvalue weighted by molar-refractivity contribution is 14.1. The van der Waals surface area contributed by atoms with Crippen molar-refractivity contribution in [2.75, 3.05) is 6.61 Å². The second-order valence-electron chi connectivity index (χ2n) is 3.09. The number of ether oxygens (including phenoxy) is 1. The molecule has 0 unspecified atom stereocenters. The van der Waals surface area contributed by atoms with Crippen LogP contribution in [0.15, 0.2) is 0 Å². The molecule has 0 radical (unpaired) electrons. The van der Waals surface area contributed by atoms with Crippen LogP contribution in [-0.2, 0) is 11.3 Å². The lowest BCUT2D eigenvalue weighted by molar-refractivity contribution is -0.168. The largest absolute Gasteiger partial charge is 0.367 e. The van der Waals surface area contributed by atoms with Gasteiger partial charge in [0, 0.05) is 0 Å². The van der Waals surface area contributed by atoms with Crippen molar-refractivity contribution in [2.45, 2.75) is 19.0 Å². The number of alkyl halides is 4. The Morgan fingerprint density at radius 1 is 1.22 bits per heavy atom. The van der Waals surface area contributed by atoms with E-state index in [1.54, 1.807) is 22.6 Å². The van der Waals surface area contributed by atoms with E-state index in [1.165, 1.54) is 0 Å². The Balaban J connectivity index is 2.60. The molecule has 10 heteroatoms. The van der Waals surface area contributed by atoms with Crippen LogP contribution in [0.2, 0.25) is 10.3 Å². The number of halogens is 7. The summed E-state index contributed by atoms with van der Waals surface area (Å²) in [6.07, 6.45) is -3.79. The molecule has 0 aromatic carbocycles. The maximum atomic E-state index is 12.5. The average molecular weight is 419 g/mol. The highest BCUT2D eigenvalue weighted by atomic mass is 127. The van der Waals surface area contributed by atoms with E-state index < -0.39 is 25.6 Å². The summed E-state index contributed by atoms with van der Waals surface area (Å²) in [7, 11) is 0. The molecule has 0 saturated heterocycles. The normalized spacial score (nSPS) is 12.2. The fourth-order valence-electron chi connectivity index (χ4n) is 0.841. The molecule has 0 spiro atoms. The molecule has 0 aliphatic rings. The van der Waals surface area contributed by atoms with Gasteiger partial charge in [-0.2, -0.15) is 8.78 Å². The van der Waals surface area contributed by atoms with Gasteiger partial charge in [-0.15, -0.1) is 0 Å². The van der Waals surface area contributed by atoms with Crippen LogP contribution < -0.4 is 0 Å². The third-order valence-corrected chi connectivity index (χ3v) is 3.87. The lowest BCUT2D eigenvalue weighted by Crippen LogP contribution is -2.32. The summed E-state index contributed by atoms with van der Waals surface area (Å²) < 4.78 is 53.5. The number of rotatable bonds is 5. The second kappa shape index (κ2) is 6.49. The molecule has 0 N–H and O–H groups in total. The third kappa shape index (κ3) is 4.32. The third-order valence-electron chi connectivity index (χ3n) is 1.66. The highest BCUT2D eigenvalue weighted by Gasteiger charge is 2.41. The minimum atomic E-state index is -4.21. The number of hydrogen-bond donors (Lipinski definition) is 0. The lowest BCUT2D eigenvalue weighted by Gasteiger charge is -2.14. The summed E-state index contributed by atoms with van der Waals surface area (Å²) in [6.45, 7) is -1.92. The van der Waals surface area contributed by atoms with Gasteiger partial charge < -0.3 is 4.74 Å². The van der Waals surface area contributed by atoms with E-state index in [4.69, 9.17) is 23.2 Å². The van der Waals surface area contributed by atoms with Gasteiger partial charge in [0.05, 0.1) is 3.57 Å². The molecule has 0 aliphatic heterocycles. The number of hydrogen-bond acceptors (Lipinski definition) is 3. The quantitative estimate of drug-likeness (QED) is 0.414. The van der Waals surface area contributed by atoms with Crippen LogP contribution in [0.3, 0.4) is 0 Å². The minimum Gasteiger partial charge on any atom is -0.367 e. The summed E-state index contributed by atoms with van der Waals surface area (Å²) in [5.41, 5.74) is 0. The van der Waals surface area contributed by atoms with Crippen LogP contribution >= 0.6 is 45.8 Å². The second-order valence-corrected chi connectivity index (χ2v) is 4.88. The molecule has 0 saturated carbocycles. The molecule has 18 heavy (non-hydrogen) atoms. The highest BCUT2D eigenvalue weighted by Crippen LogP contribution is 2.25. The summed E-state index contributed by atoms with van der Waals surface area (Å²) in [4.78, 5) is 7.41. The van der Waals surface area contributed by atoms with Crippen molar-refractivity contribution in [1.29, 1.82) is 0 Å². The zero-order chi connectivity index (χ0) is 13.9. The van der Waals surface area contributed by atoms with E-state index in [1.807, 2.05) is 0 Å². The van der Waals surface area contributed by atoms with Crippen LogP contribution in [0.5, 0.6) is 0 Å². The van der Waals surface area contributed by atoms with Crippen molar-refractivity contribution in [3.05, 3.63) is 19.7 Å². The van der Waals surface area contributed by atoms with Crippen LogP contribution in [0.25, 0.3) is 0 Å². The predicted octanol–water partition coefficient (Wildman–Crippen LogP) is 3.81. The van der Waals surface area contributed by atoms with Crippen LogP contribution in [0.4, 0.5) is 17.6 Å². The Morgan fingerprint density at radius 2 is 1.72 bits per heavy atom. The van der Waals surface area contributed by atoms with Gasteiger partial charge in [-0.1, -0.05) is 23.2 Å². The summed E-state index contributed by atoms with van der Waals surface area (Å²) in [5, 5.41) is 0.0737. The van der Waals surface area contributed by atoms with Gasteiger partial charge in [0.1, 0.15) is 23.5 Å². The van der Waals surface area contributed by atoms with Crippen molar-refractivity contribution in [3.63, 3.8) is 0 Å². The minimum absolute atomic E-state index is 0.0369. The monoisotopic (exact) mass is 418 g/mol. The van der Waals surface area contributed by atoms with Crippen LogP contribution in [-0.4, -0.2) is 28.9 Å². The summed E-state index contributed by atoms with van der Waals surface area (Å²) >= 11 is 13.1. The smallest absolute Gasteiger partial charge is 0.330 e. The molecule has 0 amide bonds. The van der Waals surface area contributed by atoms with Crippen LogP contribution in [0.1, 0.15) is 5.82 Å². The van der Waals surface area contributed by atoms with E-state index in [0.717, 1.165) is 0 Å². The molecule has 1 rings (SSSR count). The summed E-state index contributed by atoms with van der Waals surface area (Å²) in [5.74, 6) is -4.27. The van der Waals surface area contributed by atoms with Gasteiger partial charge in [0.2, 0.25) is 0 Å². The van der Waals surface area contributed by atoms with E-state index in [-0.39, 0.29) is 16.1 Å². The first-order chi connectivity index (χ1) is 8.24. The lowest BCUT2D eigenvalue weighted by atomic mass is 10.4. The van der Waals surface area contributed by atoms with Crippen LogP contribution in [0, 0.1) is 3.57 Å². The Kier molecular flexibility index (Phi) is 5.81. The van der Waals surface area contributed by atoms with Crippen molar-refractivity contribution in [1.82, 2.24) is 9.97 Å². The first-order valence-corrected chi connectivity index (χ1v) is 6.18. The molecule has 3 nitrogen and oxygen atoms in total. The fraction of sp³-hybridized carbons (Fsp3) is 0.500. The molecule has 1 heterocycles. The molecule has 0 aliphatic carbocycles. The fourth-order valence-corrected chi connectivity index (χ4v) is 1.50. The molecule has 0 bridgehead atoms. The van der Waals surface area contributed by atoms with Gasteiger partial charge in [0.25, 0.3) is 0 Å². The first-order valence-electron chi connectivity index (χ1n) is 4.35. The standard InChI is InChI=1S/C8H5Cl2F4IN2O/c9-5-4(15)6(10)17-3(16-5)1-18-2-8(13,14)7(11)12/h7H,1-2H2. The first kappa shape index (κ1) is 16.1. The van der Waals surface area contributed by atoms with Gasteiger partial charge >= 0.3 is 12.3 Å². The maximum absolute atomic E-state index is 12.5. The Labute approximate surface area is 123 Å². The summed E-state index contributed by atoms with van der Waals surface area (Å²) in [6, 6.07) is 0. The Hall–Kier alpha value is 0.0700. The van der Waals surface area contributed by atoms with Crippen molar-refractivity contribution in [3.8, 4) is 0 Å². The molecular weight excluding hydrogens is 414 g/mol. The number of aromatic nitrogens is 2. The van der Waals surface area contributed by atoms with E-state index in [2.05, 4.69) is 14.7 Å².